The third-order valence-corrected chi connectivity index (χ3v) is 7.53. The van der Waals surface area contributed by atoms with Crippen LogP contribution in [0.3, 0.4) is 0 Å². The van der Waals surface area contributed by atoms with Crippen molar-refractivity contribution in [2.45, 2.75) is 11.8 Å². The average Bonchev–Trinajstić information content (AvgIpc) is 3.34. The van der Waals surface area contributed by atoms with Gasteiger partial charge in [-0.05, 0) is 49.4 Å². The van der Waals surface area contributed by atoms with Crippen molar-refractivity contribution in [3.05, 3.63) is 115 Å². The number of furan rings is 1. The monoisotopic (exact) mass is 541 g/mol. The van der Waals surface area contributed by atoms with Crippen molar-refractivity contribution in [2.75, 3.05) is 10.9 Å². The molecule has 0 saturated carbocycles. The van der Waals surface area contributed by atoms with E-state index in [0.717, 1.165) is 0 Å². The maximum Gasteiger partial charge on any atom is 0.434 e. The molecule has 0 aliphatic heterocycles. The third-order valence-electron chi connectivity index (χ3n) is 5.82. The van der Waals surface area contributed by atoms with Crippen LogP contribution in [0.2, 0.25) is 0 Å². The molecule has 0 fully saturated rings. The third kappa shape index (κ3) is 5.12. The van der Waals surface area contributed by atoms with Crippen molar-refractivity contribution >= 4 is 38.7 Å². The minimum absolute atomic E-state index is 0.0433. The Hall–Kier alpha value is -4.89. The molecule has 0 aliphatic carbocycles. The molecule has 1 aromatic heterocycles. The van der Waals surface area contributed by atoms with E-state index >= 15 is 0 Å². The first-order valence-corrected chi connectivity index (χ1v) is 13.5. The largest absolute Gasteiger partial charge is 0.462 e. The quantitative estimate of drug-likeness (QED) is 0.212. The Balaban J connectivity index is 1.70. The van der Waals surface area contributed by atoms with E-state index in [1.54, 1.807) is 67.6 Å². The Labute approximate surface area is 225 Å². The van der Waals surface area contributed by atoms with Crippen LogP contribution in [0.1, 0.15) is 17.3 Å². The van der Waals surface area contributed by atoms with Crippen molar-refractivity contribution in [2.24, 2.45) is 0 Å². The zero-order valence-corrected chi connectivity index (χ0v) is 21.6. The molecule has 9 heteroatoms. The Kier molecular flexibility index (Phi) is 7.16. The smallest absolute Gasteiger partial charge is 0.434 e. The van der Waals surface area contributed by atoms with E-state index in [2.05, 4.69) is 0 Å². The van der Waals surface area contributed by atoms with Crippen molar-refractivity contribution in [3.8, 4) is 17.1 Å². The van der Waals surface area contributed by atoms with E-state index in [9.17, 15) is 18.0 Å². The van der Waals surface area contributed by atoms with Crippen LogP contribution in [0.4, 0.5) is 10.5 Å². The van der Waals surface area contributed by atoms with Gasteiger partial charge in [0, 0.05) is 10.9 Å². The number of sulfonamides is 1. The zero-order chi connectivity index (χ0) is 27.4. The summed E-state index contributed by atoms with van der Waals surface area (Å²) >= 11 is 0. The first-order chi connectivity index (χ1) is 18.9. The van der Waals surface area contributed by atoms with Crippen molar-refractivity contribution in [3.63, 3.8) is 0 Å². The molecular weight excluding hydrogens is 518 g/mol. The van der Waals surface area contributed by atoms with Gasteiger partial charge in [0.05, 0.1) is 17.2 Å². The highest BCUT2D eigenvalue weighted by Gasteiger charge is 2.34. The van der Waals surface area contributed by atoms with Gasteiger partial charge >= 0.3 is 12.1 Å². The number of para-hydroxylation sites is 1. The molecule has 0 saturated heterocycles. The number of hydrogen-bond acceptors (Lipinski definition) is 7. The predicted octanol–water partition coefficient (Wildman–Crippen LogP) is 6.67. The van der Waals surface area contributed by atoms with E-state index in [4.69, 9.17) is 13.9 Å². The van der Waals surface area contributed by atoms with E-state index in [1.807, 2.05) is 6.07 Å². The van der Waals surface area contributed by atoms with E-state index in [-0.39, 0.29) is 39.6 Å². The number of esters is 1. The number of fused-ring (bicyclic) bond motifs is 1. The fourth-order valence-electron chi connectivity index (χ4n) is 4.08. The molecule has 5 rings (SSSR count). The topological polar surface area (TPSA) is 103 Å². The van der Waals surface area contributed by atoms with Gasteiger partial charge in [-0.25, -0.2) is 18.0 Å². The number of ether oxygens (including phenoxy) is 2. The van der Waals surface area contributed by atoms with Crippen LogP contribution in [-0.2, 0) is 14.8 Å². The van der Waals surface area contributed by atoms with Gasteiger partial charge in [-0.15, -0.1) is 0 Å². The maximum atomic E-state index is 13.8. The summed E-state index contributed by atoms with van der Waals surface area (Å²) in [5, 5.41) is 0.283. The average molecular weight is 542 g/mol. The highest BCUT2D eigenvalue weighted by atomic mass is 32.2. The predicted molar refractivity (Wildman–Crippen MR) is 146 cm³/mol. The van der Waals surface area contributed by atoms with Crippen molar-refractivity contribution in [1.29, 1.82) is 0 Å². The van der Waals surface area contributed by atoms with Crippen LogP contribution in [-0.4, -0.2) is 27.1 Å². The number of carbonyl (C=O) groups is 2. The van der Waals surface area contributed by atoms with Gasteiger partial charge in [-0.1, -0.05) is 66.7 Å². The second kappa shape index (κ2) is 10.8. The number of rotatable bonds is 7. The van der Waals surface area contributed by atoms with Gasteiger partial charge < -0.3 is 13.9 Å². The minimum Gasteiger partial charge on any atom is -0.462 e. The summed E-state index contributed by atoms with van der Waals surface area (Å²) in [4.78, 5) is 26.4. The van der Waals surface area contributed by atoms with Gasteiger partial charge in [-0.2, -0.15) is 4.31 Å². The molecule has 5 aromatic rings. The fourth-order valence-corrected chi connectivity index (χ4v) is 5.42. The van der Waals surface area contributed by atoms with Crippen LogP contribution in [0, 0.1) is 0 Å². The van der Waals surface area contributed by atoms with Crippen molar-refractivity contribution in [1.82, 2.24) is 0 Å². The molecule has 4 aromatic carbocycles. The lowest BCUT2D eigenvalue weighted by atomic mass is 10.1. The second-order valence-corrected chi connectivity index (χ2v) is 10.1. The van der Waals surface area contributed by atoms with E-state index in [1.165, 1.54) is 42.5 Å². The number of nitrogens with zero attached hydrogens (tertiary/aromatic N) is 1. The van der Waals surface area contributed by atoms with Gasteiger partial charge in [0.2, 0.25) is 0 Å². The summed E-state index contributed by atoms with van der Waals surface area (Å²) < 4.78 is 44.8. The van der Waals surface area contributed by atoms with Gasteiger partial charge in [-0.3, -0.25) is 0 Å². The highest BCUT2D eigenvalue weighted by Crippen LogP contribution is 2.37. The Morgan fingerprint density at radius 2 is 1.44 bits per heavy atom. The molecule has 0 spiro atoms. The first-order valence-electron chi connectivity index (χ1n) is 12.1. The van der Waals surface area contributed by atoms with Crippen LogP contribution in [0.5, 0.6) is 5.75 Å². The zero-order valence-electron chi connectivity index (χ0n) is 20.8. The normalized spacial score (nSPS) is 11.2. The van der Waals surface area contributed by atoms with Crippen molar-refractivity contribution < 1.29 is 31.9 Å². The molecular formula is C30H23NO7S. The lowest BCUT2D eigenvalue weighted by molar-refractivity contribution is 0.0528. The van der Waals surface area contributed by atoms with Gasteiger partial charge in [0.1, 0.15) is 22.7 Å². The Morgan fingerprint density at radius 1 is 0.821 bits per heavy atom. The lowest BCUT2D eigenvalue weighted by Gasteiger charge is -2.22. The molecule has 0 radical (unpaired) electrons. The highest BCUT2D eigenvalue weighted by molar-refractivity contribution is 7.93. The van der Waals surface area contributed by atoms with Crippen LogP contribution >= 0.6 is 0 Å². The molecule has 39 heavy (non-hydrogen) atoms. The number of benzene rings is 4. The molecule has 0 bridgehead atoms. The molecule has 0 unspecified atom stereocenters. The van der Waals surface area contributed by atoms with Crippen LogP contribution in [0.25, 0.3) is 22.3 Å². The van der Waals surface area contributed by atoms with Gasteiger partial charge in [0.25, 0.3) is 10.0 Å². The summed E-state index contributed by atoms with van der Waals surface area (Å²) in [6.07, 6.45) is -1.14. The second-order valence-electron chi connectivity index (χ2n) is 8.34. The molecule has 1 amide bonds. The molecule has 0 atom stereocenters. The van der Waals surface area contributed by atoms with Crippen LogP contribution < -0.4 is 9.04 Å². The summed E-state index contributed by atoms with van der Waals surface area (Å²) in [6, 6.07) is 29.0. The standard InChI is InChI=1S/C30H23NO7S/c1-2-36-29(32)27-25-20-22(18-19-26(25)38-28(27)21-12-6-3-7-13-21)31(30(33)37-23-14-8-4-9-15-23)39(34,35)24-16-10-5-11-17-24/h3-20H,2H2,1H3. The minimum atomic E-state index is -4.42. The Morgan fingerprint density at radius 3 is 2.08 bits per heavy atom. The molecule has 0 N–H and O–H groups in total. The summed E-state index contributed by atoms with van der Waals surface area (Å²) in [7, 11) is -4.42. The number of hydrogen-bond donors (Lipinski definition) is 0. The van der Waals surface area contributed by atoms with Gasteiger partial charge in [0.15, 0.2) is 0 Å². The Bertz CT molecular complexity index is 1730. The summed E-state index contributed by atoms with van der Waals surface area (Å²) in [5.41, 5.74) is 1.02. The lowest BCUT2D eigenvalue weighted by Crippen LogP contribution is -2.39. The maximum absolute atomic E-state index is 13.8. The van der Waals surface area contributed by atoms with Crippen LogP contribution in [0.15, 0.2) is 119 Å². The summed E-state index contributed by atoms with van der Waals surface area (Å²) in [6.45, 7) is 1.80. The SMILES string of the molecule is CCOC(=O)c1c(-c2ccccc2)oc2ccc(N(C(=O)Oc3ccccc3)S(=O)(=O)c3ccccc3)cc12. The molecule has 1 heterocycles. The first kappa shape index (κ1) is 25.7. The fraction of sp³-hybridized carbons (Fsp3) is 0.0667. The molecule has 8 nitrogen and oxygen atoms in total. The number of carbonyl (C=O) groups excluding carboxylic acids is 2. The van der Waals surface area contributed by atoms with E-state index < -0.39 is 22.1 Å². The van der Waals surface area contributed by atoms with E-state index in [0.29, 0.717) is 15.5 Å². The summed E-state index contributed by atoms with van der Waals surface area (Å²) in [5.74, 6) is -0.208. The molecule has 0 aliphatic rings. The number of anilines is 1. The number of amides is 1. The molecule has 196 valence electrons.